The lowest BCUT2D eigenvalue weighted by molar-refractivity contribution is -0.140. The number of hydrogen-bond acceptors (Lipinski definition) is 10. The predicted octanol–water partition coefficient (Wildman–Crippen LogP) is 6.13. The molecule has 0 radical (unpaired) electrons. The fourth-order valence-electron chi connectivity index (χ4n) is 7.10. The molecule has 4 aliphatic heterocycles. The van der Waals surface area contributed by atoms with Gasteiger partial charge >= 0.3 is 0 Å². The number of ether oxygens (including phenoxy) is 2. The molecule has 56 heavy (non-hydrogen) atoms. The molecule has 2 saturated heterocycles. The van der Waals surface area contributed by atoms with Gasteiger partial charge in [-0.1, -0.05) is 56.8 Å². The first kappa shape index (κ1) is 38.1. The van der Waals surface area contributed by atoms with Crippen LogP contribution < -0.4 is 9.47 Å². The summed E-state index contributed by atoms with van der Waals surface area (Å²) in [5.74, 6) is 0.232. The van der Waals surface area contributed by atoms with Gasteiger partial charge in [0.1, 0.15) is 5.75 Å². The minimum Gasteiger partial charge on any atom is -0.505 e. The lowest BCUT2D eigenvalue weighted by Crippen LogP contribution is -2.60. The third-order valence-electron chi connectivity index (χ3n) is 10.6. The van der Waals surface area contributed by atoms with E-state index in [1.807, 2.05) is 24.1 Å². The van der Waals surface area contributed by atoms with Crippen LogP contribution in [0.2, 0.25) is 0 Å². The fourth-order valence-corrected chi connectivity index (χ4v) is 7.10. The number of phenols is 1. The fraction of sp³-hybridized carbons (Fsp3) is 0.326. The maximum absolute atomic E-state index is 13.7. The molecule has 6 heterocycles. The van der Waals surface area contributed by atoms with Gasteiger partial charge in [0, 0.05) is 66.6 Å². The Morgan fingerprint density at radius 2 is 1.46 bits per heavy atom. The molecule has 0 aliphatic carbocycles. The number of nitrogens with zero attached hydrogens (tertiary/aromatic N) is 7. The summed E-state index contributed by atoms with van der Waals surface area (Å²) in [6.07, 6.45) is 7.16. The van der Waals surface area contributed by atoms with Crippen LogP contribution in [0.4, 0.5) is 4.39 Å². The first-order valence-corrected chi connectivity index (χ1v) is 18.5. The third-order valence-corrected chi connectivity index (χ3v) is 10.6. The molecule has 4 aliphatic rings. The largest absolute Gasteiger partial charge is 0.505 e. The Hall–Kier alpha value is -6.24. The number of hydrogen-bond donors (Lipinski definition) is 1. The number of likely N-dealkylation sites (tertiary alicyclic amines) is 2. The van der Waals surface area contributed by atoms with Crippen LogP contribution in [0.25, 0.3) is 22.6 Å². The zero-order valence-electron chi connectivity index (χ0n) is 31.8. The van der Waals surface area contributed by atoms with Crippen molar-refractivity contribution in [1.82, 2.24) is 24.8 Å². The number of aliphatic imine (C=N–C) groups is 2. The van der Waals surface area contributed by atoms with Gasteiger partial charge in [0.15, 0.2) is 17.4 Å². The number of rotatable bonds is 11. The molecule has 0 spiro atoms. The van der Waals surface area contributed by atoms with Crippen molar-refractivity contribution in [3.8, 4) is 40.0 Å². The number of aromatic hydroxyl groups is 1. The topological polar surface area (TPSA) is 143 Å². The number of carbonyl (C=O) groups excluding carboxylic acids is 2. The monoisotopic (exact) mass is 757 g/mol. The summed E-state index contributed by atoms with van der Waals surface area (Å²) in [5, 5.41) is 9.39. The highest BCUT2D eigenvalue weighted by Gasteiger charge is 2.44. The molecule has 4 aromatic rings. The maximum Gasteiger partial charge on any atom is 0.245 e. The minimum absolute atomic E-state index is 0.00536. The molecule has 2 aromatic carbocycles. The highest BCUT2D eigenvalue weighted by molar-refractivity contribution is 5.89. The number of halogens is 1. The molecule has 13 heteroatoms. The lowest BCUT2D eigenvalue weighted by atomic mass is 9.78. The molecular weight excluding hydrogens is 714 g/mol. The van der Waals surface area contributed by atoms with Gasteiger partial charge in [-0.3, -0.25) is 19.6 Å². The molecule has 2 amide bonds. The number of fused-ring (bicyclic) bond motifs is 2. The van der Waals surface area contributed by atoms with Gasteiger partial charge in [0.25, 0.3) is 0 Å². The van der Waals surface area contributed by atoms with E-state index in [2.05, 4.69) is 71.2 Å². The van der Waals surface area contributed by atoms with Gasteiger partial charge in [-0.05, 0) is 43.7 Å². The van der Waals surface area contributed by atoms with E-state index in [1.54, 1.807) is 17.2 Å². The van der Waals surface area contributed by atoms with E-state index in [9.17, 15) is 19.1 Å². The molecule has 2 fully saturated rings. The average molecular weight is 758 g/mol. The van der Waals surface area contributed by atoms with Crippen molar-refractivity contribution in [2.75, 3.05) is 39.4 Å². The molecule has 0 unspecified atom stereocenters. The van der Waals surface area contributed by atoms with Crippen LogP contribution in [0.5, 0.6) is 17.4 Å². The lowest BCUT2D eigenvalue weighted by Gasteiger charge is -2.49. The Balaban J connectivity index is 0.000000172. The van der Waals surface area contributed by atoms with Gasteiger partial charge < -0.3 is 24.4 Å². The summed E-state index contributed by atoms with van der Waals surface area (Å²) in [5.41, 5.74) is 6.79. The zero-order valence-corrected chi connectivity index (χ0v) is 31.8. The van der Waals surface area contributed by atoms with Crippen molar-refractivity contribution in [2.45, 2.75) is 40.3 Å². The van der Waals surface area contributed by atoms with E-state index in [1.165, 1.54) is 29.8 Å². The van der Waals surface area contributed by atoms with Crippen LogP contribution in [0.15, 0.2) is 83.8 Å². The predicted molar refractivity (Wildman–Crippen MR) is 211 cm³/mol. The standard InChI is InChI=1S/C23H25N3O2.C20H19FN4O3/c1-4-22(27)26-13-23(5-2,14-26)15-28-21-10-19(17-8-6-16(3)7-9-17)25-20-12-24-11-18(20)21;1-3-17(27)25-9-20(2,10-25)11-28-19-13-7-22-8-15(13)23-18(24-19)12-4-5-16(26)14(21)6-12/h4,6-11H,1,5,12-15H2,2-3H3;3-7,26H,1,8-11H2,2H3. The second kappa shape index (κ2) is 15.5. The van der Waals surface area contributed by atoms with Gasteiger partial charge in [0.05, 0.1) is 54.5 Å². The molecule has 0 atom stereocenters. The number of pyridine rings is 1. The van der Waals surface area contributed by atoms with Gasteiger partial charge in [-0.25, -0.2) is 14.4 Å². The smallest absolute Gasteiger partial charge is 0.245 e. The van der Waals surface area contributed by atoms with Crippen LogP contribution >= 0.6 is 0 Å². The molecule has 288 valence electrons. The molecule has 2 aromatic heterocycles. The van der Waals surface area contributed by atoms with Crippen LogP contribution in [-0.4, -0.2) is 93.5 Å². The second-order valence-corrected chi connectivity index (χ2v) is 15.1. The molecule has 12 nitrogen and oxygen atoms in total. The second-order valence-electron chi connectivity index (χ2n) is 15.1. The van der Waals surface area contributed by atoms with Crippen molar-refractivity contribution in [2.24, 2.45) is 20.8 Å². The summed E-state index contributed by atoms with van der Waals surface area (Å²) < 4.78 is 26.0. The summed E-state index contributed by atoms with van der Waals surface area (Å²) in [6.45, 7) is 17.8. The molecule has 0 bridgehead atoms. The van der Waals surface area contributed by atoms with E-state index < -0.39 is 11.6 Å². The summed E-state index contributed by atoms with van der Waals surface area (Å²) in [4.78, 5) is 49.2. The summed E-state index contributed by atoms with van der Waals surface area (Å²) in [6, 6.07) is 14.4. The summed E-state index contributed by atoms with van der Waals surface area (Å²) >= 11 is 0. The number of amides is 2. The Morgan fingerprint density at radius 3 is 2.11 bits per heavy atom. The van der Waals surface area contributed by atoms with Gasteiger partial charge in [-0.15, -0.1) is 0 Å². The van der Waals surface area contributed by atoms with Crippen molar-refractivity contribution in [3.05, 3.63) is 108 Å². The van der Waals surface area contributed by atoms with Gasteiger partial charge in [-0.2, -0.15) is 4.98 Å². The zero-order chi connectivity index (χ0) is 39.6. The number of carbonyl (C=O) groups is 2. The Bertz CT molecular complexity index is 2260. The molecule has 8 rings (SSSR count). The summed E-state index contributed by atoms with van der Waals surface area (Å²) in [7, 11) is 0. The first-order valence-electron chi connectivity index (χ1n) is 18.5. The van der Waals surface area contributed by atoms with Crippen molar-refractivity contribution in [1.29, 1.82) is 0 Å². The van der Waals surface area contributed by atoms with Crippen molar-refractivity contribution >= 4 is 24.2 Å². The van der Waals surface area contributed by atoms with Gasteiger partial charge in [0.2, 0.25) is 17.7 Å². The van der Waals surface area contributed by atoms with Crippen LogP contribution in [-0.2, 0) is 22.7 Å². The normalized spacial score (nSPS) is 16.4. The molecular formula is C43H44FN7O5. The van der Waals surface area contributed by atoms with E-state index in [0.29, 0.717) is 81.0 Å². The van der Waals surface area contributed by atoms with Crippen LogP contribution in [0, 0.1) is 23.6 Å². The van der Waals surface area contributed by atoms with E-state index >= 15 is 0 Å². The van der Waals surface area contributed by atoms with Crippen molar-refractivity contribution < 1.29 is 28.6 Å². The average Bonchev–Trinajstić information content (AvgIpc) is 3.87. The number of aryl methyl sites for hydroxylation is 1. The number of aromatic nitrogens is 3. The SMILES string of the molecule is C=CC(=O)N1CC(C)(COc2nc(-c3ccc(O)c(F)c3)nc3c2C=NC3)C1.C=CC(=O)N1CC(CC)(COc2cc(-c3ccc(C)cc3)nc3c2C=NC3)C1. The highest BCUT2D eigenvalue weighted by atomic mass is 19.1. The minimum atomic E-state index is -0.741. The molecule has 0 saturated carbocycles. The van der Waals surface area contributed by atoms with Crippen molar-refractivity contribution in [3.63, 3.8) is 0 Å². The van der Waals surface area contributed by atoms with E-state index in [-0.39, 0.29) is 22.6 Å². The number of phenolic OH excluding ortho intramolecular Hbond substituents is 1. The van der Waals surface area contributed by atoms with E-state index in [4.69, 9.17) is 14.5 Å². The van der Waals surface area contributed by atoms with Crippen LogP contribution in [0.1, 0.15) is 48.3 Å². The van der Waals surface area contributed by atoms with E-state index in [0.717, 1.165) is 34.7 Å². The first-order chi connectivity index (χ1) is 26.9. The maximum atomic E-state index is 13.7. The highest BCUT2D eigenvalue weighted by Crippen LogP contribution is 2.37. The van der Waals surface area contributed by atoms with Crippen LogP contribution in [0.3, 0.4) is 0 Å². The quantitative estimate of drug-likeness (QED) is 0.180. The third kappa shape index (κ3) is 7.79. The number of benzene rings is 2. The Morgan fingerprint density at radius 1 is 0.839 bits per heavy atom. The Labute approximate surface area is 325 Å². The molecule has 1 N–H and O–H groups in total. The Kier molecular flexibility index (Phi) is 10.5.